The van der Waals surface area contributed by atoms with Gasteiger partial charge in [0.25, 0.3) is 0 Å². The number of thioether (sulfide) groups is 1. The lowest BCUT2D eigenvalue weighted by Gasteiger charge is -2.21. The molecule has 1 N–H and O–H groups in total. The van der Waals surface area contributed by atoms with Crippen molar-refractivity contribution in [1.29, 1.82) is 0 Å². The highest BCUT2D eigenvalue weighted by molar-refractivity contribution is 8.13. The number of amidine groups is 1. The number of hydrogen-bond acceptors (Lipinski definition) is 4. The van der Waals surface area contributed by atoms with E-state index in [1.807, 2.05) is 18.7 Å². The third kappa shape index (κ3) is 3.21. The second kappa shape index (κ2) is 4.99. The van der Waals surface area contributed by atoms with Crippen LogP contribution in [0.3, 0.4) is 0 Å². The highest BCUT2D eigenvalue weighted by Gasteiger charge is 2.12. The number of hydrogen-bond donors (Lipinski definition) is 1. The van der Waals surface area contributed by atoms with Crippen molar-refractivity contribution in [2.45, 2.75) is 32.9 Å². The van der Waals surface area contributed by atoms with Crippen LogP contribution in [-0.2, 0) is 6.54 Å². The SMILES string of the molecule is Cc1nc(CN=C2NC(C)CCS2)cs1. The van der Waals surface area contributed by atoms with Crippen molar-refractivity contribution in [3.8, 4) is 0 Å². The minimum atomic E-state index is 0.558. The first-order valence-corrected chi connectivity index (χ1v) is 6.95. The van der Waals surface area contributed by atoms with Crippen molar-refractivity contribution in [1.82, 2.24) is 10.3 Å². The van der Waals surface area contributed by atoms with Crippen molar-refractivity contribution in [3.05, 3.63) is 16.1 Å². The molecule has 1 atom stereocenters. The van der Waals surface area contributed by atoms with E-state index in [0.29, 0.717) is 12.6 Å². The number of aliphatic imine (C=N–C) groups is 1. The van der Waals surface area contributed by atoms with Gasteiger partial charge in [-0.3, -0.25) is 4.99 Å². The zero-order valence-electron chi connectivity index (χ0n) is 8.99. The molecule has 0 spiro atoms. The van der Waals surface area contributed by atoms with E-state index in [4.69, 9.17) is 0 Å². The fourth-order valence-electron chi connectivity index (χ4n) is 1.38. The lowest BCUT2D eigenvalue weighted by Crippen LogP contribution is -2.35. The van der Waals surface area contributed by atoms with Gasteiger partial charge < -0.3 is 5.32 Å². The second-order valence-corrected chi connectivity index (χ2v) is 5.81. The molecule has 1 unspecified atom stereocenters. The minimum Gasteiger partial charge on any atom is -0.362 e. The Balaban J connectivity index is 1.93. The fourth-order valence-corrected chi connectivity index (χ4v) is 3.09. The predicted octanol–water partition coefficient (Wildman–Crippen LogP) is 2.42. The molecule has 1 aromatic heterocycles. The maximum atomic E-state index is 4.53. The Morgan fingerprint density at radius 3 is 3.20 bits per heavy atom. The standard InChI is InChI=1S/C10H15N3S2/c1-7-3-4-14-10(12-7)11-5-9-6-15-8(2)13-9/h6-7H,3-5H2,1-2H3,(H,11,12). The van der Waals surface area contributed by atoms with Crippen LogP contribution in [0.25, 0.3) is 0 Å². The van der Waals surface area contributed by atoms with E-state index in [1.165, 1.54) is 12.2 Å². The van der Waals surface area contributed by atoms with Crippen LogP contribution in [0.2, 0.25) is 0 Å². The smallest absolute Gasteiger partial charge is 0.157 e. The van der Waals surface area contributed by atoms with Crippen molar-refractivity contribution in [3.63, 3.8) is 0 Å². The van der Waals surface area contributed by atoms with Crippen LogP contribution in [0.4, 0.5) is 0 Å². The molecule has 0 saturated carbocycles. The first-order valence-electron chi connectivity index (χ1n) is 5.09. The van der Waals surface area contributed by atoms with E-state index in [0.717, 1.165) is 15.9 Å². The maximum absolute atomic E-state index is 4.53. The van der Waals surface area contributed by atoms with Crippen LogP contribution in [-0.4, -0.2) is 21.9 Å². The summed E-state index contributed by atoms with van der Waals surface area (Å²) in [5, 5.41) is 7.64. The van der Waals surface area contributed by atoms with Crippen molar-refractivity contribution in [2.75, 3.05) is 5.75 Å². The summed E-state index contributed by atoms with van der Waals surface area (Å²) in [6.07, 6.45) is 1.22. The van der Waals surface area contributed by atoms with Gasteiger partial charge in [0, 0.05) is 17.2 Å². The van der Waals surface area contributed by atoms with Gasteiger partial charge in [0.1, 0.15) is 0 Å². The van der Waals surface area contributed by atoms with Gasteiger partial charge in [0.05, 0.1) is 17.2 Å². The summed E-state index contributed by atoms with van der Waals surface area (Å²) in [4.78, 5) is 8.92. The summed E-state index contributed by atoms with van der Waals surface area (Å²) >= 11 is 3.49. The molecule has 3 nitrogen and oxygen atoms in total. The van der Waals surface area contributed by atoms with E-state index in [2.05, 4.69) is 27.6 Å². The molecule has 0 aliphatic carbocycles. The molecular weight excluding hydrogens is 226 g/mol. The maximum Gasteiger partial charge on any atom is 0.157 e. The van der Waals surface area contributed by atoms with Crippen molar-refractivity contribution < 1.29 is 0 Å². The number of thiazole rings is 1. The van der Waals surface area contributed by atoms with Crippen LogP contribution in [0.15, 0.2) is 10.4 Å². The molecule has 0 radical (unpaired) electrons. The fraction of sp³-hybridized carbons (Fsp3) is 0.600. The molecular formula is C10H15N3S2. The Bertz CT molecular complexity index is 359. The first-order chi connectivity index (χ1) is 7.24. The van der Waals surface area contributed by atoms with Gasteiger partial charge in [-0.05, 0) is 20.3 Å². The van der Waals surface area contributed by atoms with Crippen LogP contribution in [0, 0.1) is 6.92 Å². The van der Waals surface area contributed by atoms with E-state index in [1.54, 1.807) is 11.3 Å². The number of nitrogens with zero attached hydrogens (tertiary/aromatic N) is 2. The van der Waals surface area contributed by atoms with Crippen molar-refractivity contribution >= 4 is 28.3 Å². The summed E-state index contributed by atoms with van der Waals surface area (Å²) in [5.74, 6) is 1.17. The summed E-state index contributed by atoms with van der Waals surface area (Å²) in [6.45, 7) is 4.92. The largest absolute Gasteiger partial charge is 0.362 e. The molecule has 1 aliphatic rings. The Hall–Kier alpha value is -0.550. The average Bonchev–Trinajstić information content (AvgIpc) is 2.62. The highest BCUT2D eigenvalue weighted by Crippen LogP contribution is 2.15. The molecule has 2 heterocycles. The van der Waals surface area contributed by atoms with Gasteiger partial charge in [-0.1, -0.05) is 11.8 Å². The first kappa shape index (κ1) is 11.0. The average molecular weight is 241 g/mol. The molecule has 0 aromatic carbocycles. The quantitative estimate of drug-likeness (QED) is 0.864. The van der Waals surface area contributed by atoms with E-state index in [-0.39, 0.29) is 0 Å². The summed E-state index contributed by atoms with van der Waals surface area (Å²) in [5.41, 5.74) is 1.07. The highest BCUT2D eigenvalue weighted by atomic mass is 32.2. The van der Waals surface area contributed by atoms with Gasteiger partial charge in [-0.15, -0.1) is 11.3 Å². The Kier molecular flexibility index (Phi) is 3.64. The summed E-state index contributed by atoms with van der Waals surface area (Å²) in [6, 6.07) is 0.558. The van der Waals surface area contributed by atoms with Crippen molar-refractivity contribution in [2.24, 2.45) is 4.99 Å². The summed E-state index contributed by atoms with van der Waals surface area (Å²) < 4.78 is 0. The van der Waals surface area contributed by atoms with Gasteiger partial charge in [0.15, 0.2) is 5.17 Å². The second-order valence-electron chi connectivity index (χ2n) is 3.66. The number of aryl methyl sites for hydroxylation is 1. The lowest BCUT2D eigenvalue weighted by molar-refractivity contribution is 0.642. The summed E-state index contributed by atoms with van der Waals surface area (Å²) in [7, 11) is 0. The van der Waals surface area contributed by atoms with Gasteiger partial charge in [-0.2, -0.15) is 0 Å². The predicted molar refractivity (Wildman–Crippen MR) is 67.7 cm³/mol. The number of nitrogens with one attached hydrogen (secondary N) is 1. The zero-order chi connectivity index (χ0) is 10.7. The lowest BCUT2D eigenvalue weighted by atomic mass is 10.3. The van der Waals surface area contributed by atoms with Crippen LogP contribution < -0.4 is 5.32 Å². The molecule has 5 heteroatoms. The zero-order valence-corrected chi connectivity index (χ0v) is 10.6. The molecule has 0 bridgehead atoms. The monoisotopic (exact) mass is 241 g/mol. The van der Waals surface area contributed by atoms with Gasteiger partial charge in [-0.25, -0.2) is 4.98 Å². The Morgan fingerprint density at radius 1 is 1.67 bits per heavy atom. The number of rotatable bonds is 2. The third-order valence-electron chi connectivity index (χ3n) is 2.21. The third-order valence-corrected chi connectivity index (χ3v) is 3.99. The molecule has 1 aliphatic heterocycles. The number of aromatic nitrogens is 1. The Labute approximate surface area is 98.4 Å². The molecule has 1 fully saturated rings. The normalized spacial score (nSPS) is 24.1. The van der Waals surface area contributed by atoms with E-state index >= 15 is 0 Å². The van der Waals surface area contributed by atoms with Gasteiger partial charge in [0.2, 0.25) is 0 Å². The molecule has 82 valence electrons. The van der Waals surface area contributed by atoms with Crippen LogP contribution >= 0.6 is 23.1 Å². The topological polar surface area (TPSA) is 37.3 Å². The molecule has 15 heavy (non-hydrogen) atoms. The van der Waals surface area contributed by atoms with Gasteiger partial charge >= 0.3 is 0 Å². The Morgan fingerprint density at radius 2 is 2.53 bits per heavy atom. The van der Waals surface area contributed by atoms with Crippen LogP contribution in [0.1, 0.15) is 24.0 Å². The molecule has 1 saturated heterocycles. The van der Waals surface area contributed by atoms with E-state index in [9.17, 15) is 0 Å². The molecule has 2 rings (SSSR count). The van der Waals surface area contributed by atoms with Crippen LogP contribution in [0.5, 0.6) is 0 Å². The molecule has 0 amide bonds. The minimum absolute atomic E-state index is 0.558. The molecule has 1 aromatic rings. The van der Waals surface area contributed by atoms with E-state index < -0.39 is 0 Å².